The average Bonchev–Trinajstić information content (AvgIpc) is 2.77. The minimum absolute atomic E-state index is 0.00298. The highest BCUT2D eigenvalue weighted by Gasteiger charge is 2.19. The van der Waals surface area contributed by atoms with Crippen LogP contribution in [0.5, 0.6) is 0 Å². The number of aryl methyl sites for hydroxylation is 1. The van der Waals surface area contributed by atoms with Crippen molar-refractivity contribution >= 4 is 11.0 Å². The minimum Gasteiger partial charge on any atom is -0.295 e. The van der Waals surface area contributed by atoms with E-state index in [2.05, 4.69) is 65.8 Å². The van der Waals surface area contributed by atoms with Crippen molar-refractivity contribution in [2.75, 3.05) is 0 Å². The van der Waals surface area contributed by atoms with Crippen LogP contribution >= 0.6 is 0 Å². The lowest BCUT2D eigenvalue weighted by Gasteiger charge is -2.19. The van der Waals surface area contributed by atoms with Crippen molar-refractivity contribution in [3.05, 3.63) is 52.6 Å². The molecule has 0 aliphatic rings. The van der Waals surface area contributed by atoms with E-state index < -0.39 is 0 Å². The van der Waals surface area contributed by atoms with Crippen molar-refractivity contribution in [2.24, 2.45) is 12.5 Å². The third-order valence-corrected chi connectivity index (χ3v) is 4.59. The third kappa shape index (κ3) is 3.46. The molecule has 26 heavy (non-hydrogen) atoms. The molecule has 0 spiro atoms. The Morgan fingerprint density at radius 3 is 2.27 bits per heavy atom. The van der Waals surface area contributed by atoms with Crippen molar-refractivity contribution in [1.29, 1.82) is 0 Å². The van der Waals surface area contributed by atoms with Crippen LogP contribution in [0.15, 0.2) is 41.2 Å². The molecular weight excluding hydrogens is 322 g/mol. The first-order chi connectivity index (χ1) is 12.0. The molecule has 3 rings (SSSR count). The molecule has 2 heterocycles. The highest BCUT2D eigenvalue weighted by Crippen LogP contribution is 2.27. The molecule has 1 aromatic carbocycles. The molecule has 0 saturated heterocycles. The Kier molecular flexibility index (Phi) is 4.33. The number of hydrogen-bond acceptors (Lipinski definition) is 2. The van der Waals surface area contributed by atoms with Gasteiger partial charge in [-0.15, -0.1) is 0 Å². The summed E-state index contributed by atoms with van der Waals surface area (Å²) in [6, 6.07) is 12.3. The number of aromatic nitrogens is 3. The summed E-state index contributed by atoms with van der Waals surface area (Å²) in [5, 5.41) is 0. The maximum Gasteiger partial charge on any atom is 0.328 e. The third-order valence-electron chi connectivity index (χ3n) is 4.59. The second-order valence-electron chi connectivity index (χ2n) is 9.35. The number of imidazole rings is 1. The van der Waals surface area contributed by atoms with E-state index in [1.165, 1.54) is 0 Å². The van der Waals surface area contributed by atoms with E-state index in [4.69, 9.17) is 4.98 Å². The molecular formula is C22H29N3O. The lowest BCUT2D eigenvalue weighted by molar-refractivity contribution is 0.342. The summed E-state index contributed by atoms with van der Waals surface area (Å²) in [5.41, 5.74) is 5.03. The van der Waals surface area contributed by atoms with Gasteiger partial charge >= 0.3 is 5.69 Å². The summed E-state index contributed by atoms with van der Waals surface area (Å²) in [7, 11) is 1.84. The Morgan fingerprint density at radius 2 is 1.65 bits per heavy atom. The van der Waals surface area contributed by atoms with E-state index in [1.807, 2.05) is 23.7 Å². The fourth-order valence-corrected chi connectivity index (χ4v) is 3.21. The summed E-state index contributed by atoms with van der Waals surface area (Å²) in [6.07, 6.45) is 0. The Morgan fingerprint density at radius 1 is 0.962 bits per heavy atom. The quantitative estimate of drug-likeness (QED) is 0.669. The van der Waals surface area contributed by atoms with Gasteiger partial charge in [0.05, 0.1) is 16.7 Å². The van der Waals surface area contributed by atoms with Gasteiger partial charge in [0.25, 0.3) is 0 Å². The average molecular weight is 351 g/mol. The first kappa shape index (κ1) is 18.4. The Labute approximate surface area is 155 Å². The van der Waals surface area contributed by atoms with Gasteiger partial charge in [-0.2, -0.15) is 0 Å². The smallest absolute Gasteiger partial charge is 0.295 e. The van der Waals surface area contributed by atoms with Gasteiger partial charge in [-0.05, 0) is 29.7 Å². The van der Waals surface area contributed by atoms with E-state index in [-0.39, 0.29) is 16.5 Å². The molecule has 0 amide bonds. The largest absolute Gasteiger partial charge is 0.328 e. The molecule has 0 saturated carbocycles. The monoisotopic (exact) mass is 351 g/mol. The molecule has 2 aromatic heterocycles. The molecule has 0 aliphatic heterocycles. The van der Waals surface area contributed by atoms with Gasteiger partial charge in [0.1, 0.15) is 0 Å². The van der Waals surface area contributed by atoms with Crippen molar-refractivity contribution in [2.45, 2.75) is 53.5 Å². The van der Waals surface area contributed by atoms with Crippen LogP contribution in [0.3, 0.4) is 0 Å². The lowest BCUT2D eigenvalue weighted by atomic mass is 9.91. The summed E-state index contributed by atoms with van der Waals surface area (Å²) in [6.45, 7) is 13.6. The van der Waals surface area contributed by atoms with Gasteiger partial charge in [-0.25, -0.2) is 4.79 Å². The molecule has 138 valence electrons. The predicted octanol–water partition coefficient (Wildman–Crippen LogP) is 4.75. The normalized spacial score (nSPS) is 12.7. The number of rotatable bonds is 2. The van der Waals surface area contributed by atoms with E-state index in [9.17, 15) is 4.79 Å². The molecule has 4 nitrogen and oxygen atoms in total. The van der Waals surface area contributed by atoms with Crippen LogP contribution in [0.2, 0.25) is 0 Å². The zero-order valence-corrected chi connectivity index (χ0v) is 16.9. The summed E-state index contributed by atoms with van der Waals surface area (Å²) < 4.78 is 3.61. The molecule has 0 radical (unpaired) electrons. The molecule has 0 aliphatic carbocycles. The summed E-state index contributed by atoms with van der Waals surface area (Å²) in [4.78, 5) is 17.6. The van der Waals surface area contributed by atoms with Gasteiger partial charge in [0.15, 0.2) is 0 Å². The van der Waals surface area contributed by atoms with E-state index in [0.29, 0.717) is 6.54 Å². The maximum absolute atomic E-state index is 12.7. The van der Waals surface area contributed by atoms with Crippen molar-refractivity contribution in [3.63, 3.8) is 0 Å². The molecule has 3 aromatic rings. The van der Waals surface area contributed by atoms with Crippen LogP contribution in [0.25, 0.3) is 22.3 Å². The molecule has 0 unspecified atom stereocenters. The minimum atomic E-state index is 0.00298. The van der Waals surface area contributed by atoms with Gasteiger partial charge in [-0.1, -0.05) is 53.7 Å². The Bertz CT molecular complexity index is 1010. The van der Waals surface area contributed by atoms with Crippen LogP contribution in [-0.4, -0.2) is 14.1 Å². The van der Waals surface area contributed by atoms with Crippen LogP contribution in [0.4, 0.5) is 0 Å². The Hall–Kier alpha value is -2.36. The zero-order valence-electron chi connectivity index (χ0n) is 16.9. The number of benzene rings is 1. The maximum atomic E-state index is 12.7. The lowest BCUT2D eigenvalue weighted by Crippen LogP contribution is -2.27. The van der Waals surface area contributed by atoms with Crippen molar-refractivity contribution < 1.29 is 0 Å². The summed E-state index contributed by atoms with van der Waals surface area (Å²) >= 11 is 0. The molecule has 0 N–H and O–H groups in total. The molecule has 0 bridgehead atoms. The topological polar surface area (TPSA) is 39.8 Å². The first-order valence-electron chi connectivity index (χ1n) is 9.14. The molecule has 0 fully saturated rings. The molecule has 0 atom stereocenters. The fraction of sp³-hybridized carbons (Fsp3) is 0.455. The van der Waals surface area contributed by atoms with Gasteiger partial charge in [0, 0.05) is 30.3 Å². The van der Waals surface area contributed by atoms with E-state index in [1.54, 1.807) is 4.57 Å². The van der Waals surface area contributed by atoms with Gasteiger partial charge in [-0.3, -0.25) is 14.1 Å². The molecule has 4 heteroatoms. The van der Waals surface area contributed by atoms with Gasteiger partial charge < -0.3 is 0 Å². The predicted molar refractivity (Wildman–Crippen MR) is 109 cm³/mol. The standard InChI is InChI=1S/C22H29N3O/c1-21(2,3)14-25-17-12-11-15(13-18(17)24(7)20(25)26)16-9-8-10-19(23-16)22(4,5)6/h8-13H,14H2,1-7H3. The number of hydrogen-bond donors (Lipinski definition) is 0. The van der Waals surface area contributed by atoms with Crippen molar-refractivity contribution in [3.8, 4) is 11.3 Å². The fourth-order valence-electron chi connectivity index (χ4n) is 3.21. The Balaban J connectivity index is 2.14. The van der Waals surface area contributed by atoms with Crippen LogP contribution in [0, 0.1) is 5.41 Å². The van der Waals surface area contributed by atoms with Crippen LogP contribution in [-0.2, 0) is 19.0 Å². The van der Waals surface area contributed by atoms with Crippen LogP contribution in [0.1, 0.15) is 47.2 Å². The SMILES string of the molecule is Cn1c(=O)n(CC(C)(C)C)c2ccc(-c3cccc(C(C)(C)C)n3)cc21. The second-order valence-corrected chi connectivity index (χ2v) is 9.35. The van der Waals surface area contributed by atoms with E-state index in [0.717, 1.165) is 28.0 Å². The van der Waals surface area contributed by atoms with E-state index >= 15 is 0 Å². The van der Waals surface area contributed by atoms with Crippen LogP contribution < -0.4 is 5.69 Å². The number of pyridine rings is 1. The van der Waals surface area contributed by atoms with Crippen molar-refractivity contribution in [1.82, 2.24) is 14.1 Å². The zero-order chi connectivity index (χ0) is 19.3. The summed E-state index contributed by atoms with van der Waals surface area (Å²) in [5.74, 6) is 0. The highest BCUT2D eigenvalue weighted by atomic mass is 16.1. The first-order valence-corrected chi connectivity index (χ1v) is 9.14. The number of nitrogens with zero attached hydrogens (tertiary/aromatic N) is 3. The second kappa shape index (κ2) is 6.11. The highest BCUT2D eigenvalue weighted by molar-refractivity contribution is 5.82. The van der Waals surface area contributed by atoms with Gasteiger partial charge in [0.2, 0.25) is 0 Å². The number of fused-ring (bicyclic) bond motifs is 1.